The van der Waals surface area contributed by atoms with E-state index in [0.29, 0.717) is 12.6 Å². The number of hydrogen-bond donors (Lipinski definition) is 1. The quantitative estimate of drug-likeness (QED) is 0.916. The Labute approximate surface area is 120 Å². The summed E-state index contributed by atoms with van der Waals surface area (Å²) in [5.41, 5.74) is 1.11. The summed E-state index contributed by atoms with van der Waals surface area (Å²) in [4.78, 5) is 14.1. The van der Waals surface area contributed by atoms with Gasteiger partial charge in [-0.2, -0.15) is 0 Å². The largest absolute Gasteiger partial charge is 0.322 e. The lowest BCUT2D eigenvalue weighted by atomic mass is 9.94. The molecule has 0 atom stereocenters. The van der Waals surface area contributed by atoms with Crippen LogP contribution in [-0.4, -0.2) is 30.4 Å². The molecule has 1 saturated carbocycles. The zero-order chi connectivity index (χ0) is 14.5. The van der Waals surface area contributed by atoms with E-state index in [4.69, 9.17) is 0 Å². The van der Waals surface area contributed by atoms with Gasteiger partial charge in [-0.3, -0.25) is 9.69 Å². The number of anilines is 1. The lowest BCUT2D eigenvalue weighted by Gasteiger charge is -2.30. The van der Waals surface area contributed by atoms with Gasteiger partial charge in [0.1, 0.15) is 5.82 Å². The number of aryl methyl sites for hydroxylation is 1. The summed E-state index contributed by atoms with van der Waals surface area (Å²) in [6.07, 6.45) is 6.09. The van der Waals surface area contributed by atoms with Crippen LogP contribution in [0.4, 0.5) is 10.1 Å². The minimum atomic E-state index is -0.376. The molecule has 4 heteroatoms. The summed E-state index contributed by atoms with van der Waals surface area (Å²) in [5.74, 6) is -0.528. The first-order valence-electron chi connectivity index (χ1n) is 7.32. The predicted molar refractivity (Wildman–Crippen MR) is 79.3 cm³/mol. The van der Waals surface area contributed by atoms with Gasteiger partial charge in [-0.25, -0.2) is 4.39 Å². The second-order valence-corrected chi connectivity index (χ2v) is 5.74. The third-order valence-corrected chi connectivity index (χ3v) is 3.99. The van der Waals surface area contributed by atoms with Crippen LogP contribution in [0, 0.1) is 12.7 Å². The average Bonchev–Trinajstić information content (AvgIpc) is 2.43. The molecular weight excluding hydrogens is 255 g/mol. The van der Waals surface area contributed by atoms with Crippen LogP contribution in [0.2, 0.25) is 0 Å². The van der Waals surface area contributed by atoms with E-state index in [1.165, 1.54) is 25.3 Å². The summed E-state index contributed by atoms with van der Waals surface area (Å²) in [6, 6.07) is 5.32. The van der Waals surface area contributed by atoms with E-state index in [-0.39, 0.29) is 17.4 Å². The smallest absolute Gasteiger partial charge is 0.238 e. The monoisotopic (exact) mass is 278 g/mol. The fourth-order valence-corrected chi connectivity index (χ4v) is 2.79. The van der Waals surface area contributed by atoms with Crippen LogP contribution in [0.3, 0.4) is 0 Å². The number of likely N-dealkylation sites (N-methyl/N-ethyl adjacent to an activating group) is 1. The van der Waals surface area contributed by atoms with Crippen LogP contribution < -0.4 is 5.32 Å². The summed E-state index contributed by atoms with van der Waals surface area (Å²) in [6.45, 7) is 2.14. The lowest BCUT2D eigenvalue weighted by Crippen LogP contribution is -2.39. The van der Waals surface area contributed by atoms with E-state index in [0.717, 1.165) is 18.4 Å². The Morgan fingerprint density at radius 2 is 2.05 bits per heavy atom. The number of nitrogens with one attached hydrogen (secondary N) is 1. The second-order valence-electron chi connectivity index (χ2n) is 5.74. The Kier molecular flexibility index (Phi) is 5.12. The molecule has 1 N–H and O–H groups in total. The van der Waals surface area contributed by atoms with E-state index in [9.17, 15) is 9.18 Å². The average molecular weight is 278 g/mol. The van der Waals surface area contributed by atoms with Gasteiger partial charge in [0.15, 0.2) is 0 Å². The molecule has 1 aliphatic carbocycles. The Bertz CT molecular complexity index is 470. The minimum Gasteiger partial charge on any atom is -0.322 e. The van der Waals surface area contributed by atoms with Crippen LogP contribution in [0.1, 0.15) is 37.7 Å². The molecule has 0 bridgehead atoms. The van der Waals surface area contributed by atoms with Crippen molar-refractivity contribution in [1.82, 2.24) is 4.90 Å². The Balaban J connectivity index is 1.88. The van der Waals surface area contributed by atoms with Crippen molar-refractivity contribution in [3.8, 4) is 0 Å². The zero-order valence-electron chi connectivity index (χ0n) is 12.3. The highest BCUT2D eigenvalue weighted by molar-refractivity contribution is 5.92. The SMILES string of the molecule is Cc1ccc(NC(=O)CN(C)C2CCCCC2)c(F)c1. The van der Waals surface area contributed by atoms with Crippen molar-refractivity contribution in [2.45, 2.75) is 45.1 Å². The van der Waals surface area contributed by atoms with Crippen molar-refractivity contribution in [2.75, 3.05) is 18.9 Å². The molecule has 0 radical (unpaired) electrons. The third-order valence-electron chi connectivity index (χ3n) is 3.99. The molecule has 1 aliphatic rings. The standard InChI is InChI=1S/C16H23FN2O/c1-12-8-9-15(14(17)10-12)18-16(20)11-19(2)13-6-4-3-5-7-13/h8-10,13H,3-7,11H2,1-2H3,(H,18,20). The summed E-state index contributed by atoms with van der Waals surface area (Å²) >= 11 is 0. The molecule has 110 valence electrons. The first kappa shape index (κ1) is 15.0. The predicted octanol–water partition coefficient (Wildman–Crippen LogP) is 3.34. The van der Waals surface area contributed by atoms with Gasteiger partial charge in [-0.05, 0) is 44.5 Å². The summed E-state index contributed by atoms with van der Waals surface area (Å²) in [5, 5.41) is 2.65. The van der Waals surface area contributed by atoms with Gasteiger partial charge in [0.05, 0.1) is 12.2 Å². The summed E-state index contributed by atoms with van der Waals surface area (Å²) < 4.78 is 13.7. The number of carbonyl (C=O) groups excluding carboxylic acids is 1. The molecule has 0 saturated heterocycles. The number of halogens is 1. The van der Waals surface area contributed by atoms with Gasteiger partial charge in [0.2, 0.25) is 5.91 Å². The van der Waals surface area contributed by atoms with Gasteiger partial charge < -0.3 is 5.32 Å². The number of rotatable bonds is 4. The third kappa shape index (κ3) is 4.04. The molecule has 20 heavy (non-hydrogen) atoms. The maximum atomic E-state index is 13.7. The van der Waals surface area contributed by atoms with Crippen molar-refractivity contribution in [3.63, 3.8) is 0 Å². The van der Waals surface area contributed by atoms with E-state index in [1.807, 2.05) is 14.0 Å². The van der Waals surface area contributed by atoms with E-state index in [2.05, 4.69) is 10.2 Å². The Hall–Kier alpha value is -1.42. The number of carbonyl (C=O) groups is 1. The van der Waals surface area contributed by atoms with Crippen LogP contribution >= 0.6 is 0 Å². The van der Waals surface area contributed by atoms with E-state index in [1.54, 1.807) is 12.1 Å². The molecule has 0 spiro atoms. The zero-order valence-corrected chi connectivity index (χ0v) is 12.3. The highest BCUT2D eigenvalue weighted by atomic mass is 19.1. The van der Waals surface area contributed by atoms with Crippen LogP contribution in [-0.2, 0) is 4.79 Å². The lowest BCUT2D eigenvalue weighted by molar-refractivity contribution is -0.117. The molecule has 1 amide bonds. The maximum absolute atomic E-state index is 13.7. The number of benzene rings is 1. The molecule has 1 aromatic rings. The second kappa shape index (κ2) is 6.84. The van der Waals surface area contributed by atoms with Crippen molar-refractivity contribution in [1.29, 1.82) is 0 Å². The highest BCUT2D eigenvalue weighted by Gasteiger charge is 2.20. The first-order valence-corrected chi connectivity index (χ1v) is 7.32. The topological polar surface area (TPSA) is 32.3 Å². The molecule has 0 unspecified atom stereocenters. The number of amides is 1. The van der Waals surface area contributed by atoms with Gasteiger partial charge >= 0.3 is 0 Å². The molecule has 2 rings (SSSR count). The van der Waals surface area contributed by atoms with Crippen molar-refractivity contribution in [2.24, 2.45) is 0 Å². The van der Waals surface area contributed by atoms with Gasteiger partial charge in [0, 0.05) is 6.04 Å². The van der Waals surface area contributed by atoms with Crippen molar-refractivity contribution < 1.29 is 9.18 Å². The Morgan fingerprint density at radius 3 is 2.70 bits per heavy atom. The molecule has 1 fully saturated rings. The fraction of sp³-hybridized carbons (Fsp3) is 0.562. The highest BCUT2D eigenvalue weighted by Crippen LogP contribution is 2.21. The maximum Gasteiger partial charge on any atom is 0.238 e. The van der Waals surface area contributed by atoms with Crippen LogP contribution in [0.15, 0.2) is 18.2 Å². The molecule has 3 nitrogen and oxygen atoms in total. The van der Waals surface area contributed by atoms with Gasteiger partial charge in [-0.1, -0.05) is 25.3 Å². The number of nitrogens with zero attached hydrogens (tertiary/aromatic N) is 1. The van der Waals surface area contributed by atoms with Gasteiger partial charge in [-0.15, -0.1) is 0 Å². The first-order chi connectivity index (χ1) is 9.56. The fourth-order valence-electron chi connectivity index (χ4n) is 2.79. The van der Waals surface area contributed by atoms with Crippen LogP contribution in [0.5, 0.6) is 0 Å². The van der Waals surface area contributed by atoms with E-state index < -0.39 is 0 Å². The molecule has 0 heterocycles. The number of hydrogen-bond acceptors (Lipinski definition) is 2. The van der Waals surface area contributed by atoms with Crippen LogP contribution in [0.25, 0.3) is 0 Å². The van der Waals surface area contributed by atoms with Crippen molar-refractivity contribution >= 4 is 11.6 Å². The van der Waals surface area contributed by atoms with Gasteiger partial charge in [0.25, 0.3) is 0 Å². The molecule has 0 aliphatic heterocycles. The molecular formula is C16H23FN2O. The minimum absolute atomic E-state index is 0.152. The van der Waals surface area contributed by atoms with Crippen molar-refractivity contribution in [3.05, 3.63) is 29.6 Å². The van der Waals surface area contributed by atoms with E-state index >= 15 is 0 Å². The molecule has 0 aromatic heterocycles. The Morgan fingerprint density at radius 1 is 1.35 bits per heavy atom. The normalized spacial score (nSPS) is 16.4. The summed E-state index contributed by atoms with van der Waals surface area (Å²) in [7, 11) is 1.97. The molecule has 1 aromatic carbocycles.